The number of rotatable bonds is 4. The van der Waals surface area contributed by atoms with Crippen LogP contribution in [0.3, 0.4) is 0 Å². The van der Waals surface area contributed by atoms with Crippen LogP contribution in [0.4, 0.5) is 5.69 Å². The molecule has 1 saturated carbocycles. The molecule has 1 aromatic carbocycles. The number of fused-ring (bicyclic) bond motifs is 3. The summed E-state index contributed by atoms with van der Waals surface area (Å²) in [7, 11) is 6.78. The molecule has 3 aliphatic carbocycles. The topological polar surface area (TPSA) is 177 Å². The van der Waals surface area contributed by atoms with E-state index in [4.69, 9.17) is 5.73 Å². The number of anilines is 1. The number of hydrogen-bond donors (Lipinski definition) is 6. The van der Waals surface area contributed by atoms with Gasteiger partial charge in [0.15, 0.2) is 11.4 Å². The first-order valence-corrected chi connectivity index (χ1v) is 11.2. The van der Waals surface area contributed by atoms with Crippen molar-refractivity contribution in [3.05, 3.63) is 40.2 Å². The van der Waals surface area contributed by atoms with E-state index >= 15 is 0 Å². The number of likely N-dealkylation sites (N-methyl/N-ethyl adjacent to an activating group) is 1. The molecule has 0 saturated heterocycles. The van der Waals surface area contributed by atoms with Crippen molar-refractivity contribution in [1.82, 2.24) is 10.2 Å². The lowest BCUT2D eigenvalue weighted by molar-refractivity contribution is -0.153. The molecule has 11 heteroatoms. The summed E-state index contributed by atoms with van der Waals surface area (Å²) < 4.78 is 0. The van der Waals surface area contributed by atoms with Gasteiger partial charge in [0.2, 0.25) is 5.78 Å². The molecule has 4 rings (SSSR count). The molecule has 0 bridgehead atoms. The molecule has 1 aromatic rings. The summed E-state index contributed by atoms with van der Waals surface area (Å²) in [5.74, 6) is -6.22. The average molecular weight is 487 g/mol. The predicted molar refractivity (Wildman–Crippen MR) is 127 cm³/mol. The lowest BCUT2D eigenvalue weighted by Crippen LogP contribution is -2.66. The number of aliphatic hydroxyl groups is 3. The van der Waals surface area contributed by atoms with Gasteiger partial charge in [-0.3, -0.25) is 19.3 Å². The molecule has 0 spiro atoms. The molecule has 0 radical (unpaired) electrons. The van der Waals surface area contributed by atoms with E-state index in [-0.39, 0.29) is 36.4 Å². The second-order valence-corrected chi connectivity index (χ2v) is 9.66. The minimum absolute atomic E-state index is 0.0635. The van der Waals surface area contributed by atoms with Crippen LogP contribution in [0, 0.1) is 11.8 Å². The zero-order valence-corrected chi connectivity index (χ0v) is 20.0. The fourth-order valence-corrected chi connectivity index (χ4v) is 5.81. The van der Waals surface area contributed by atoms with Crippen molar-refractivity contribution in [3.8, 4) is 5.75 Å². The lowest BCUT2D eigenvalue weighted by Gasteiger charge is -2.50. The van der Waals surface area contributed by atoms with E-state index < -0.39 is 58.0 Å². The monoisotopic (exact) mass is 486 g/mol. The molecule has 1 amide bonds. The minimum Gasteiger partial charge on any atom is -0.508 e. The first-order chi connectivity index (χ1) is 16.4. The van der Waals surface area contributed by atoms with E-state index in [2.05, 4.69) is 5.32 Å². The van der Waals surface area contributed by atoms with Gasteiger partial charge < -0.3 is 36.4 Å². The third-order valence-corrected chi connectivity index (χ3v) is 7.30. The molecule has 4 atom stereocenters. The molecule has 11 nitrogen and oxygen atoms in total. The Labute approximate surface area is 202 Å². The number of nitrogens with two attached hydrogens (primary N) is 1. The Bertz CT molecular complexity index is 1200. The van der Waals surface area contributed by atoms with Gasteiger partial charge in [-0.05, 0) is 50.6 Å². The second-order valence-electron chi connectivity index (χ2n) is 9.66. The van der Waals surface area contributed by atoms with Crippen LogP contribution in [0.2, 0.25) is 0 Å². The van der Waals surface area contributed by atoms with Crippen LogP contribution in [0.15, 0.2) is 29.0 Å². The largest absolute Gasteiger partial charge is 0.508 e. The number of phenols is 1. The number of benzene rings is 1. The molecular weight excluding hydrogens is 456 g/mol. The number of ketones is 2. The van der Waals surface area contributed by atoms with Crippen LogP contribution >= 0.6 is 0 Å². The first-order valence-electron chi connectivity index (χ1n) is 11.2. The SMILES string of the molecule is CN(C)c1ccc(O)c2c1C[C@H]1C[C@H]3[C@H](N(C)C)C(=O)C(C(=O)NCN)=C(O)[C@@]3(O)C(=O)C1=C2O. The van der Waals surface area contributed by atoms with Crippen molar-refractivity contribution in [2.75, 3.05) is 39.8 Å². The number of aliphatic hydroxyl groups excluding tert-OH is 2. The second kappa shape index (κ2) is 8.36. The van der Waals surface area contributed by atoms with Crippen LogP contribution in [0.1, 0.15) is 17.5 Å². The van der Waals surface area contributed by atoms with E-state index in [0.29, 0.717) is 5.56 Å². The number of carbonyl (C=O) groups is 3. The van der Waals surface area contributed by atoms with Crippen molar-refractivity contribution in [1.29, 1.82) is 0 Å². The van der Waals surface area contributed by atoms with Crippen LogP contribution in [-0.2, 0) is 20.8 Å². The highest BCUT2D eigenvalue weighted by molar-refractivity contribution is 6.25. The van der Waals surface area contributed by atoms with Crippen molar-refractivity contribution < 1.29 is 34.8 Å². The van der Waals surface area contributed by atoms with Crippen molar-refractivity contribution in [3.63, 3.8) is 0 Å². The van der Waals surface area contributed by atoms with Gasteiger partial charge in [-0.2, -0.15) is 0 Å². The minimum atomic E-state index is -2.63. The highest BCUT2D eigenvalue weighted by Gasteiger charge is 2.64. The highest BCUT2D eigenvalue weighted by Crippen LogP contribution is 2.53. The van der Waals surface area contributed by atoms with Gasteiger partial charge in [0.1, 0.15) is 22.8 Å². The van der Waals surface area contributed by atoms with Gasteiger partial charge in [0, 0.05) is 31.3 Å². The maximum absolute atomic E-state index is 13.8. The van der Waals surface area contributed by atoms with Gasteiger partial charge in [0.05, 0.1) is 18.3 Å². The van der Waals surface area contributed by atoms with Gasteiger partial charge in [0.25, 0.3) is 5.91 Å². The van der Waals surface area contributed by atoms with Crippen molar-refractivity contribution in [2.24, 2.45) is 17.6 Å². The highest BCUT2D eigenvalue weighted by atomic mass is 16.3. The normalized spacial score (nSPS) is 28.0. The molecule has 3 aliphatic rings. The number of carbonyl (C=O) groups excluding carboxylic acids is 3. The van der Waals surface area contributed by atoms with Gasteiger partial charge in [-0.25, -0.2) is 0 Å². The van der Waals surface area contributed by atoms with Crippen LogP contribution in [0.25, 0.3) is 5.76 Å². The zero-order chi connectivity index (χ0) is 26.0. The fraction of sp³-hybridized carbons (Fsp3) is 0.458. The van der Waals surface area contributed by atoms with E-state index in [1.54, 1.807) is 20.2 Å². The average Bonchev–Trinajstić information content (AvgIpc) is 2.76. The number of nitrogens with zero attached hydrogens (tertiary/aromatic N) is 2. The Morgan fingerprint density at radius 2 is 1.83 bits per heavy atom. The van der Waals surface area contributed by atoms with Gasteiger partial charge >= 0.3 is 0 Å². The third-order valence-electron chi connectivity index (χ3n) is 7.30. The van der Waals surface area contributed by atoms with Crippen molar-refractivity contribution in [2.45, 2.75) is 24.5 Å². The van der Waals surface area contributed by atoms with Gasteiger partial charge in [-0.15, -0.1) is 0 Å². The predicted octanol–water partition coefficient (Wildman–Crippen LogP) is -0.423. The zero-order valence-electron chi connectivity index (χ0n) is 20.0. The summed E-state index contributed by atoms with van der Waals surface area (Å²) >= 11 is 0. The van der Waals surface area contributed by atoms with Gasteiger partial charge in [-0.1, -0.05) is 0 Å². The molecule has 0 unspecified atom stereocenters. The number of aromatic hydroxyl groups is 1. The molecule has 188 valence electrons. The van der Waals surface area contributed by atoms with Crippen LogP contribution in [0.5, 0.6) is 5.75 Å². The summed E-state index contributed by atoms with van der Waals surface area (Å²) in [6.45, 7) is -0.330. The molecule has 35 heavy (non-hydrogen) atoms. The number of phenolic OH excluding ortho intramolecular Hbond substituents is 1. The summed E-state index contributed by atoms with van der Waals surface area (Å²) in [6.07, 6.45) is 0.322. The maximum Gasteiger partial charge on any atom is 0.259 e. The quantitative estimate of drug-likeness (QED) is 0.242. The first kappa shape index (κ1) is 24.7. The number of hydrogen-bond acceptors (Lipinski definition) is 10. The molecule has 0 aliphatic heterocycles. The standard InChI is InChI=1S/C24H30N4O7/c1-27(2)13-5-6-14(29)16-11(13)7-10-8-12-18(28(3)4)20(31)17(23(34)26-9-25)22(33)24(12,35)21(32)15(10)19(16)30/h5-6,10,12,18,29-30,33,35H,7-9,25H2,1-4H3,(H,26,34)/t10-,12-,18-,24-/m0/s1. The summed E-state index contributed by atoms with van der Waals surface area (Å²) in [4.78, 5) is 43.1. The van der Waals surface area contributed by atoms with E-state index in [1.165, 1.54) is 11.0 Å². The number of Topliss-reactive ketones (excluding diaryl/α,β-unsaturated/α-hetero) is 2. The Hall–Kier alpha value is -3.41. The number of amides is 1. The van der Waals surface area contributed by atoms with Crippen LogP contribution in [-0.4, -0.2) is 89.3 Å². The van der Waals surface area contributed by atoms with E-state index in [0.717, 1.165) is 5.69 Å². The molecule has 0 aromatic heterocycles. The smallest absolute Gasteiger partial charge is 0.259 e. The Balaban J connectivity index is 1.97. The Kier molecular flexibility index (Phi) is 5.90. The van der Waals surface area contributed by atoms with Crippen molar-refractivity contribution >= 4 is 28.9 Å². The molecular formula is C24H30N4O7. The fourth-order valence-electron chi connectivity index (χ4n) is 5.81. The number of nitrogens with one attached hydrogen (secondary N) is 1. The lowest BCUT2D eigenvalue weighted by atomic mass is 9.57. The summed E-state index contributed by atoms with van der Waals surface area (Å²) in [5.41, 5.74) is 3.29. The Morgan fingerprint density at radius 3 is 2.40 bits per heavy atom. The van der Waals surface area contributed by atoms with E-state index in [1.807, 2.05) is 19.0 Å². The Morgan fingerprint density at radius 1 is 1.17 bits per heavy atom. The maximum atomic E-state index is 13.8. The third kappa shape index (κ3) is 3.33. The molecule has 0 heterocycles. The summed E-state index contributed by atoms with van der Waals surface area (Å²) in [6, 6.07) is 2.02. The molecule has 7 N–H and O–H groups in total. The van der Waals surface area contributed by atoms with E-state index in [9.17, 15) is 34.8 Å². The molecule has 1 fully saturated rings. The summed E-state index contributed by atoms with van der Waals surface area (Å²) in [5, 5.41) is 46.7. The van der Waals surface area contributed by atoms with Crippen LogP contribution < -0.4 is 16.0 Å².